The van der Waals surface area contributed by atoms with Gasteiger partial charge in [-0.25, -0.2) is 0 Å². The third-order valence-corrected chi connectivity index (χ3v) is 5.82. The second-order valence-corrected chi connectivity index (χ2v) is 7.31. The first kappa shape index (κ1) is 15.0. The Labute approximate surface area is 131 Å². The number of hydrogen-bond donors (Lipinski definition) is 1. The minimum Gasteiger partial charge on any atom is -0.493 e. The van der Waals surface area contributed by atoms with Gasteiger partial charge in [-0.1, -0.05) is 25.0 Å². The lowest BCUT2D eigenvalue weighted by Gasteiger charge is -2.30. The summed E-state index contributed by atoms with van der Waals surface area (Å²) < 4.78 is 11.9. The lowest BCUT2D eigenvalue weighted by Crippen LogP contribution is -2.34. The van der Waals surface area contributed by atoms with Gasteiger partial charge >= 0.3 is 0 Å². The third-order valence-electron chi connectivity index (χ3n) is 4.63. The topological polar surface area (TPSA) is 44.5 Å². The van der Waals surface area contributed by atoms with Gasteiger partial charge in [0.25, 0.3) is 0 Å². The van der Waals surface area contributed by atoms with E-state index in [2.05, 4.69) is 6.07 Å². The van der Waals surface area contributed by atoms with Crippen LogP contribution >= 0.6 is 11.8 Å². The molecule has 1 aromatic carbocycles. The van der Waals surface area contributed by atoms with Crippen LogP contribution in [0.25, 0.3) is 0 Å². The van der Waals surface area contributed by atoms with Gasteiger partial charge in [-0.05, 0) is 37.5 Å². The van der Waals surface area contributed by atoms with Crippen molar-refractivity contribution in [1.82, 2.24) is 0 Å². The highest BCUT2D eigenvalue weighted by Crippen LogP contribution is 2.45. The molecule has 1 saturated carbocycles. The first-order valence-corrected chi connectivity index (χ1v) is 9.09. The fourth-order valence-electron chi connectivity index (χ4n) is 3.44. The van der Waals surface area contributed by atoms with Crippen LogP contribution in [-0.2, 0) is 5.54 Å². The summed E-state index contributed by atoms with van der Waals surface area (Å²) in [7, 11) is 1.71. The Kier molecular flexibility index (Phi) is 4.65. The largest absolute Gasteiger partial charge is 0.493 e. The molecular weight excluding hydrogens is 282 g/mol. The summed E-state index contributed by atoms with van der Waals surface area (Å²) in [6.07, 6.45) is 7.12. The summed E-state index contributed by atoms with van der Waals surface area (Å²) in [5, 5.41) is 0. The molecule has 1 aliphatic heterocycles. The number of nitrogens with two attached hydrogens (primary N) is 1. The molecule has 0 spiro atoms. The van der Waals surface area contributed by atoms with E-state index in [9.17, 15) is 0 Å². The van der Waals surface area contributed by atoms with Crippen LogP contribution in [0.4, 0.5) is 0 Å². The Hall–Kier alpha value is -0.870. The molecule has 4 heteroatoms. The van der Waals surface area contributed by atoms with Crippen molar-refractivity contribution in [1.29, 1.82) is 0 Å². The van der Waals surface area contributed by atoms with Crippen molar-refractivity contribution in [3.05, 3.63) is 23.8 Å². The maximum Gasteiger partial charge on any atom is 0.166 e. The smallest absolute Gasteiger partial charge is 0.166 e. The number of ether oxygens (including phenoxy) is 2. The van der Waals surface area contributed by atoms with Gasteiger partial charge in [0.2, 0.25) is 0 Å². The highest BCUT2D eigenvalue weighted by atomic mass is 32.2. The number of rotatable bonds is 4. The fraction of sp³-hybridized carbons (Fsp3) is 0.647. The summed E-state index contributed by atoms with van der Waals surface area (Å²) >= 11 is 1.98. The van der Waals surface area contributed by atoms with Crippen molar-refractivity contribution in [3.63, 3.8) is 0 Å². The van der Waals surface area contributed by atoms with E-state index in [0.717, 1.165) is 42.1 Å². The second kappa shape index (κ2) is 6.49. The predicted octanol–water partition coefficient (Wildman–Crippen LogP) is 3.70. The van der Waals surface area contributed by atoms with Gasteiger partial charge in [0.05, 0.1) is 7.11 Å². The number of thioether (sulfide) groups is 1. The molecule has 0 bridgehead atoms. The first-order chi connectivity index (χ1) is 10.2. The van der Waals surface area contributed by atoms with E-state index in [0.29, 0.717) is 0 Å². The minimum absolute atomic E-state index is 0.244. The van der Waals surface area contributed by atoms with Gasteiger partial charge in [0.1, 0.15) is 6.10 Å². The third kappa shape index (κ3) is 3.16. The summed E-state index contributed by atoms with van der Waals surface area (Å²) in [5.41, 5.74) is 7.56. The molecule has 1 aromatic rings. The quantitative estimate of drug-likeness (QED) is 0.921. The van der Waals surface area contributed by atoms with E-state index in [-0.39, 0.29) is 11.6 Å². The van der Waals surface area contributed by atoms with Crippen molar-refractivity contribution >= 4 is 11.8 Å². The van der Waals surface area contributed by atoms with Gasteiger partial charge in [-0.3, -0.25) is 0 Å². The lowest BCUT2D eigenvalue weighted by molar-refractivity contribution is 0.196. The van der Waals surface area contributed by atoms with Gasteiger partial charge in [-0.2, -0.15) is 11.8 Å². The van der Waals surface area contributed by atoms with Crippen molar-refractivity contribution in [2.45, 2.75) is 50.2 Å². The molecule has 116 valence electrons. The Morgan fingerprint density at radius 3 is 2.71 bits per heavy atom. The van der Waals surface area contributed by atoms with Crippen molar-refractivity contribution in [2.75, 3.05) is 18.6 Å². The van der Waals surface area contributed by atoms with E-state index in [1.165, 1.54) is 25.0 Å². The van der Waals surface area contributed by atoms with Crippen LogP contribution in [0.3, 0.4) is 0 Å². The van der Waals surface area contributed by atoms with E-state index in [4.69, 9.17) is 15.2 Å². The van der Waals surface area contributed by atoms with Gasteiger partial charge in [0.15, 0.2) is 11.5 Å². The van der Waals surface area contributed by atoms with Crippen LogP contribution in [-0.4, -0.2) is 24.7 Å². The van der Waals surface area contributed by atoms with Crippen LogP contribution in [0.2, 0.25) is 0 Å². The summed E-state index contributed by atoms with van der Waals surface area (Å²) in [4.78, 5) is 0. The Bertz CT molecular complexity index is 480. The first-order valence-electron chi connectivity index (χ1n) is 7.94. The van der Waals surface area contributed by atoms with Crippen molar-refractivity contribution < 1.29 is 9.47 Å². The molecular formula is C17H25NO2S. The zero-order chi connectivity index (χ0) is 14.7. The van der Waals surface area contributed by atoms with Crippen LogP contribution < -0.4 is 15.2 Å². The molecule has 2 fully saturated rings. The Morgan fingerprint density at radius 2 is 2.05 bits per heavy atom. The Balaban J connectivity index is 1.91. The van der Waals surface area contributed by atoms with Crippen LogP contribution in [0, 0.1) is 0 Å². The van der Waals surface area contributed by atoms with E-state index in [1.807, 2.05) is 23.9 Å². The maximum absolute atomic E-state index is 6.67. The van der Waals surface area contributed by atoms with Crippen LogP contribution in [0.15, 0.2) is 18.2 Å². The molecule has 1 saturated heterocycles. The highest BCUT2D eigenvalue weighted by molar-refractivity contribution is 7.99. The molecule has 1 aliphatic carbocycles. The van der Waals surface area contributed by atoms with Crippen molar-refractivity contribution in [3.8, 4) is 11.5 Å². The van der Waals surface area contributed by atoms with E-state index < -0.39 is 0 Å². The maximum atomic E-state index is 6.67. The average molecular weight is 307 g/mol. The SMILES string of the molecule is COc1cccc(C2(N)CCCC2)c1OC1CCCSC1. The number of benzene rings is 1. The zero-order valence-corrected chi connectivity index (χ0v) is 13.6. The number of para-hydroxylation sites is 1. The number of methoxy groups -OCH3 is 1. The second-order valence-electron chi connectivity index (χ2n) is 6.16. The number of hydrogen-bond acceptors (Lipinski definition) is 4. The normalized spacial score (nSPS) is 24.8. The molecule has 21 heavy (non-hydrogen) atoms. The monoisotopic (exact) mass is 307 g/mol. The highest BCUT2D eigenvalue weighted by Gasteiger charge is 2.35. The fourth-order valence-corrected chi connectivity index (χ4v) is 4.47. The standard InChI is InChI=1S/C17H25NO2S/c1-19-15-8-4-7-14(17(18)9-2-3-10-17)16(15)20-13-6-5-11-21-12-13/h4,7-8,13H,2-3,5-6,9-12,18H2,1H3. The molecule has 0 radical (unpaired) electrons. The minimum atomic E-state index is -0.244. The zero-order valence-electron chi connectivity index (χ0n) is 12.8. The summed E-state index contributed by atoms with van der Waals surface area (Å²) in [5.74, 6) is 4.02. The molecule has 0 amide bonds. The molecule has 3 rings (SSSR count). The van der Waals surface area contributed by atoms with Gasteiger partial charge in [-0.15, -0.1) is 0 Å². The molecule has 0 aromatic heterocycles. The van der Waals surface area contributed by atoms with E-state index >= 15 is 0 Å². The van der Waals surface area contributed by atoms with Crippen LogP contribution in [0.5, 0.6) is 11.5 Å². The van der Waals surface area contributed by atoms with Gasteiger partial charge < -0.3 is 15.2 Å². The predicted molar refractivity (Wildman–Crippen MR) is 88.3 cm³/mol. The van der Waals surface area contributed by atoms with Gasteiger partial charge in [0, 0.05) is 16.9 Å². The lowest BCUT2D eigenvalue weighted by atomic mass is 9.88. The Morgan fingerprint density at radius 1 is 1.24 bits per heavy atom. The summed E-state index contributed by atoms with van der Waals surface area (Å²) in [6, 6.07) is 6.13. The molecule has 1 heterocycles. The molecule has 2 N–H and O–H groups in total. The molecule has 1 atom stereocenters. The summed E-state index contributed by atoms with van der Waals surface area (Å²) in [6.45, 7) is 0. The molecule has 2 aliphatic rings. The molecule has 1 unspecified atom stereocenters. The van der Waals surface area contributed by atoms with Crippen molar-refractivity contribution in [2.24, 2.45) is 5.73 Å². The molecule has 3 nitrogen and oxygen atoms in total. The van der Waals surface area contributed by atoms with Crippen LogP contribution in [0.1, 0.15) is 44.1 Å². The average Bonchev–Trinajstić information content (AvgIpc) is 2.96. The van der Waals surface area contributed by atoms with E-state index in [1.54, 1.807) is 7.11 Å².